The number of aromatic nitrogens is 2. The Kier molecular flexibility index (Phi) is 2.66. The van der Waals surface area contributed by atoms with Gasteiger partial charge in [-0.25, -0.2) is 0 Å². The third-order valence-electron chi connectivity index (χ3n) is 2.27. The number of halogens is 1. The van der Waals surface area contributed by atoms with Gasteiger partial charge in [0.2, 0.25) is 0 Å². The average molecular weight is 219 g/mol. The second-order valence-corrected chi connectivity index (χ2v) is 4.09. The van der Waals surface area contributed by atoms with E-state index in [1.165, 1.54) is 0 Å². The molecule has 2 N–H and O–H groups in total. The molecular formula is C7H11ClN4S. The molecule has 0 bridgehead atoms. The Labute approximate surface area is 86.0 Å². The Bertz CT molecular complexity index is 282. The predicted octanol–water partition coefficient (Wildman–Crippen LogP) is 1.12. The number of nitrogens with zero attached hydrogens (tertiary/aromatic N) is 3. The normalized spacial score (nSPS) is 19.4. The first kappa shape index (κ1) is 9.18. The molecule has 1 aromatic rings. The van der Waals surface area contributed by atoms with Crippen molar-refractivity contribution >= 4 is 29.1 Å². The Balaban J connectivity index is 2.06. The molecule has 72 valence electrons. The summed E-state index contributed by atoms with van der Waals surface area (Å²) in [6.07, 6.45) is 2.02. The molecule has 0 aromatic carbocycles. The first-order valence-electron chi connectivity index (χ1n) is 4.26. The van der Waals surface area contributed by atoms with Crippen LogP contribution in [0.3, 0.4) is 0 Å². The highest BCUT2D eigenvalue weighted by Crippen LogP contribution is 2.25. The fourth-order valence-electron chi connectivity index (χ4n) is 1.47. The molecule has 1 aliphatic rings. The highest BCUT2D eigenvalue weighted by Gasteiger charge is 2.20. The Hall–Kier alpha value is -0.390. The maximum atomic E-state index is 5.87. The van der Waals surface area contributed by atoms with Crippen molar-refractivity contribution in [2.24, 2.45) is 5.73 Å². The largest absolute Gasteiger partial charge is 0.353 e. The van der Waals surface area contributed by atoms with Crippen molar-refractivity contribution in [3.63, 3.8) is 0 Å². The summed E-state index contributed by atoms with van der Waals surface area (Å²) in [6.45, 7) is 1.87. The summed E-state index contributed by atoms with van der Waals surface area (Å²) in [6, 6.07) is 0.335. The van der Waals surface area contributed by atoms with E-state index in [-0.39, 0.29) is 0 Å². The molecule has 13 heavy (non-hydrogen) atoms. The SMILES string of the molecule is NC1CCN(c2nsnc2Cl)CC1. The summed E-state index contributed by atoms with van der Waals surface area (Å²) in [7, 11) is 0. The second kappa shape index (κ2) is 3.77. The van der Waals surface area contributed by atoms with Crippen molar-refractivity contribution in [2.45, 2.75) is 18.9 Å². The molecule has 0 aliphatic carbocycles. The van der Waals surface area contributed by atoms with Crippen LogP contribution in [0, 0.1) is 0 Å². The summed E-state index contributed by atoms with van der Waals surface area (Å²) >= 11 is 7.03. The smallest absolute Gasteiger partial charge is 0.187 e. The van der Waals surface area contributed by atoms with Gasteiger partial charge in [0.05, 0.1) is 11.7 Å². The van der Waals surface area contributed by atoms with E-state index >= 15 is 0 Å². The van der Waals surface area contributed by atoms with Gasteiger partial charge in [-0.3, -0.25) is 0 Å². The highest BCUT2D eigenvalue weighted by molar-refractivity contribution is 6.99. The van der Waals surface area contributed by atoms with Crippen LogP contribution < -0.4 is 10.6 Å². The molecule has 0 amide bonds. The molecule has 0 radical (unpaired) electrons. The third-order valence-corrected chi connectivity index (χ3v) is 3.14. The summed E-state index contributed by atoms with van der Waals surface area (Å²) in [4.78, 5) is 2.15. The number of piperidine rings is 1. The number of hydrogen-bond donors (Lipinski definition) is 1. The molecule has 4 nitrogen and oxygen atoms in total. The Morgan fingerprint density at radius 3 is 2.62 bits per heavy atom. The molecule has 0 atom stereocenters. The van der Waals surface area contributed by atoms with E-state index in [0.29, 0.717) is 11.2 Å². The lowest BCUT2D eigenvalue weighted by molar-refractivity contribution is 0.499. The van der Waals surface area contributed by atoms with Crippen molar-refractivity contribution in [1.82, 2.24) is 8.75 Å². The van der Waals surface area contributed by atoms with E-state index in [2.05, 4.69) is 13.6 Å². The number of rotatable bonds is 1. The molecule has 2 rings (SSSR count). The fourth-order valence-corrected chi connectivity index (χ4v) is 2.25. The van der Waals surface area contributed by atoms with E-state index in [1.54, 1.807) is 0 Å². The minimum absolute atomic E-state index is 0.335. The number of hydrogen-bond acceptors (Lipinski definition) is 5. The van der Waals surface area contributed by atoms with Crippen molar-refractivity contribution in [3.8, 4) is 0 Å². The zero-order valence-electron chi connectivity index (χ0n) is 7.11. The van der Waals surface area contributed by atoms with Gasteiger partial charge < -0.3 is 10.6 Å². The molecule has 1 aromatic heterocycles. The molecule has 0 saturated carbocycles. The van der Waals surface area contributed by atoms with Crippen molar-refractivity contribution in [1.29, 1.82) is 0 Å². The van der Waals surface area contributed by atoms with Crippen LogP contribution in [0.1, 0.15) is 12.8 Å². The lowest BCUT2D eigenvalue weighted by Gasteiger charge is -2.29. The highest BCUT2D eigenvalue weighted by atomic mass is 35.5. The zero-order chi connectivity index (χ0) is 9.26. The quantitative estimate of drug-likeness (QED) is 0.768. The number of anilines is 1. The molecule has 6 heteroatoms. The monoisotopic (exact) mass is 218 g/mol. The van der Waals surface area contributed by atoms with E-state index in [0.717, 1.165) is 43.5 Å². The zero-order valence-corrected chi connectivity index (χ0v) is 8.68. The standard InChI is InChI=1S/C7H11ClN4S/c8-6-7(11-13-10-6)12-3-1-5(9)2-4-12/h5H,1-4,9H2. The van der Waals surface area contributed by atoms with Gasteiger partial charge in [0.15, 0.2) is 11.0 Å². The molecule has 2 heterocycles. The second-order valence-electron chi connectivity index (χ2n) is 3.20. The summed E-state index contributed by atoms with van der Waals surface area (Å²) in [5.74, 6) is 0.818. The van der Waals surface area contributed by atoms with Crippen LogP contribution in [0.25, 0.3) is 0 Å². The lowest BCUT2D eigenvalue weighted by atomic mass is 10.1. The topological polar surface area (TPSA) is 55.0 Å². The van der Waals surface area contributed by atoms with Gasteiger partial charge in [-0.15, -0.1) is 0 Å². The van der Waals surface area contributed by atoms with Crippen molar-refractivity contribution < 1.29 is 0 Å². The molecule has 1 fully saturated rings. The summed E-state index contributed by atoms with van der Waals surface area (Å²) in [5, 5.41) is 0.514. The van der Waals surface area contributed by atoms with Gasteiger partial charge in [0, 0.05) is 19.1 Å². The van der Waals surface area contributed by atoms with Crippen molar-refractivity contribution in [3.05, 3.63) is 5.15 Å². The number of nitrogens with two attached hydrogens (primary N) is 1. The molecule has 1 aliphatic heterocycles. The van der Waals surface area contributed by atoms with Crippen LogP contribution in [0.4, 0.5) is 5.82 Å². The average Bonchev–Trinajstić information content (AvgIpc) is 2.53. The van der Waals surface area contributed by atoms with E-state index in [9.17, 15) is 0 Å². The van der Waals surface area contributed by atoms with Gasteiger partial charge in [-0.05, 0) is 12.8 Å². The lowest BCUT2D eigenvalue weighted by Crippen LogP contribution is -2.39. The van der Waals surface area contributed by atoms with Crippen LogP contribution in [-0.2, 0) is 0 Å². The molecule has 0 unspecified atom stereocenters. The van der Waals surface area contributed by atoms with E-state index in [1.807, 2.05) is 0 Å². The van der Waals surface area contributed by atoms with Crippen LogP contribution in [0.2, 0.25) is 5.15 Å². The van der Waals surface area contributed by atoms with E-state index in [4.69, 9.17) is 17.3 Å². The van der Waals surface area contributed by atoms with Crippen LogP contribution in [0.5, 0.6) is 0 Å². The maximum Gasteiger partial charge on any atom is 0.187 e. The van der Waals surface area contributed by atoms with Crippen LogP contribution in [-0.4, -0.2) is 27.9 Å². The third kappa shape index (κ3) is 1.92. The minimum Gasteiger partial charge on any atom is -0.353 e. The molecular weight excluding hydrogens is 208 g/mol. The van der Waals surface area contributed by atoms with Gasteiger partial charge in [0.1, 0.15) is 0 Å². The summed E-state index contributed by atoms with van der Waals surface area (Å²) in [5.41, 5.74) is 5.80. The first-order chi connectivity index (χ1) is 6.27. The maximum absolute atomic E-state index is 5.87. The van der Waals surface area contributed by atoms with Crippen molar-refractivity contribution in [2.75, 3.05) is 18.0 Å². The molecule has 0 spiro atoms. The fraction of sp³-hybridized carbons (Fsp3) is 0.714. The Morgan fingerprint density at radius 2 is 2.08 bits per heavy atom. The van der Waals surface area contributed by atoms with Gasteiger partial charge in [0.25, 0.3) is 0 Å². The van der Waals surface area contributed by atoms with Crippen LogP contribution in [0.15, 0.2) is 0 Å². The van der Waals surface area contributed by atoms with Gasteiger partial charge in [-0.2, -0.15) is 8.75 Å². The molecule has 1 saturated heterocycles. The van der Waals surface area contributed by atoms with Gasteiger partial charge in [-0.1, -0.05) is 11.6 Å². The van der Waals surface area contributed by atoms with E-state index < -0.39 is 0 Å². The predicted molar refractivity (Wildman–Crippen MR) is 54.3 cm³/mol. The first-order valence-corrected chi connectivity index (χ1v) is 5.37. The van der Waals surface area contributed by atoms with Crippen LogP contribution >= 0.6 is 23.3 Å². The summed E-state index contributed by atoms with van der Waals surface area (Å²) < 4.78 is 8.08. The minimum atomic E-state index is 0.335. The Morgan fingerprint density at radius 1 is 1.38 bits per heavy atom. The van der Waals surface area contributed by atoms with Gasteiger partial charge >= 0.3 is 0 Å².